The first-order valence-electron chi connectivity index (χ1n) is 27.5. The second-order valence-electron chi connectivity index (χ2n) is 22.1. The van der Waals surface area contributed by atoms with Crippen molar-refractivity contribution in [3.63, 3.8) is 0 Å². The number of nitrogen functional groups attached to an aromatic ring is 1. The maximum absolute atomic E-state index is 14.1. The van der Waals surface area contributed by atoms with Gasteiger partial charge < -0.3 is 41.0 Å². The molecule has 2 amide bonds. The normalized spacial score (nSPS) is 16.6. The molecule has 84 heavy (non-hydrogen) atoms. The van der Waals surface area contributed by atoms with Crippen LogP contribution in [0.25, 0.3) is 11.0 Å². The fourth-order valence-corrected chi connectivity index (χ4v) is 10.6. The Bertz CT molecular complexity index is 3310. The third-order valence-corrected chi connectivity index (χ3v) is 14.0. The minimum Gasteiger partial charge on any atom is -0.457 e. The number of aryl methyl sites for hydroxylation is 1. The number of carbonyl (C=O) groups excluding carboxylic acids is 2. The first kappa shape index (κ1) is 68.7. The fourth-order valence-electron chi connectivity index (χ4n) is 10.4. The molecular weight excluding hydrogens is 1080 g/mol. The van der Waals surface area contributed by atoms with Gasteiger partial charge in [0.25, 0.3) is 0 Å². The van der Waals surface area contributed by atoms with Crippen molar-refractivity contribution in [2.75, 3.05) is 73.3 Å². The van der Waals surface area contributed by atoms with E-state index >= 15 is 0 Å². The van der Waals surface area contributed by atoms with Gasteiger partial charge >= 0.3 is 0 Å². The third kappa shape index (κ3) is 19.9. The van der Waals surface area contributed by atoms with Crippen molar-refractivity contribution in [2.45, 2.75) is 102 Å². The number of isothiocyanates is 1. The summed E-state index contributed by atoms with van der Waals surface area (Å²) in [6, 6.07) is 27.7. The van der Waals surface area contributed by atoms with Crippen LogP contribution >= 0.6 is 12.2 Å². The number of imidazole rings is 1. The maximum Gasteiger partial charge on any atom is 0.239 e. The lowest BCUT2D eigenvalue weighted by atomic mass is 9.92. The van der Waals surface area contributed by atoms with Gasteiger partial charge in [0.15, 0.2) is 0 Å². The summed E-state index contributed by atoms with van der Waals surface area (Å²) in [4.78, 5) is 46.6. The van der Waals surface area contributed by atoms with Gasteiger partial charge in [-0.05, 0) is 144 Å². The molecule has 5 heterocycles. The Hall–Kier alpha value is -7.83. The molecule has 6 N–H and O–H groups in total. The largest absolute Gasteiger partial charge is 0.457 e. The number of anilines is 6. The molecule has 2 aliphatic heterocycles. The van der Waals surface area contributed by atoms with Gasteiger partial charge in [-0.15, -0.1) is 0 Å². The van der Waals surface area contributed by atoms with Gasteiger partial charge in [0.2, 0.25) is 17.8 Å². The van der Waals surface area contributed by atoms with E-state index in [0.29, 0.717) is 99.8 Å². The standard InChI is InChI=1S/C31H37FN6O2.C21H29N5O2.C10H10FNS.3CH4/c1-19(2)25-13-22(6-8-26(25)32)34-31-35-27-14-23(7-9-28(27)37(31)5)40-24-10-11-33-29(15-24)36-30(39)18-38-16-20(3)12-21(4)17-38;1-14-8-15(2)12-26(11-14)13-21(27)25-20-10-17(6-7-24-20)28-16-4-5-19(23-3)18(22)9-16;1-7(2)9-5-8(12-6-13)3-4-10(9)11;;;/h6-11,13-15,19-21H,12,16-18H2,1-5H3,(H,34,35)(H,33,36,39);4-7,9-10,14-15,23H,8,11-13,22H2,1-3H3,(H,24,25,27);3-5,7H,1-2H3;3*1H4. The van der Waals surface area contributed by atoms with Crippen molar-refractivity contribution >= 4 is 80.6 Å². The van der Waals surface area contributed by atoms with Gasteiger partial charge in [-0.25, -0.2) is 23.7 Å². The zero-order valence-corrected chi connectivity index (χ0v) is 48.8. The number of piperidine rings is 2. The molecule has 7 aromatic rings. The minimum absolute atomic E-state index is 0. The van der Waals surface area contributed by atoms with Crippen molar-refractivity contribution in [1.29, 1.82) is 0 Å². The number of nitrogens with one attached hydrogen (secondary N) is 4. The van der Waals surface area contributed by atoms with Crippen LogP contribution in [0.3, 0.4) is 0 Å². The number of hydrogen-bond donors (Lipinski definition) is 5. The monoisotopic (exact) mass is 1170 g/mol. The van der Waals surface area contributed by atoms with Crippen molar-refractivity contribution in [2.24, 2.45) is 35.7 Å². The summed E-state index contributed by atoms with van der Waals surface area (Å²) in [5.41, 5.74) is 11.8. The molecule has 3 aromatic heterocycles. The second kappa shape index (κ2) is 32.3. The number of nitrogens with zero attached hydrogens (tertiary/aromatic N) is 7. The van der Waals surface area contributed by atoms with Crippen LogP contribution in [-0.4, -0.2) is 92.6 Å². The Morgan fingerprint density at radius 1 is 0.679 bits per heavy atom. The number of pyridine rings is 2. The zero-order valence-electron chi connectivity index (χ0n) is 48.0. The van der Waals surface area contributed by atoms with Crippen molar-refractivity contribution in [1.82, 2.24) is 29.3 Å². The molecule has 4 unspecified atom stereocenters. The topological polar surface area (TPSA) is 189 Å². The van der Waals surface area contributed by atoms with Gasteiger partial charge in [-0.3, -0.25) is 19.4 Å². The fraction of sp³-hybridized carbons (Fsp3) is 0.415. The van der Waals surface area contributed by atoms with E-state index in [-0.39, 0.29) is 57.6 Å². The number of halogens is 2. The molecule has 9 rings (SSSR count). The van der Waals surface area contributed by atoms with E-state index in [2.05, 4.69) is 91.1 Å². The van der Waals surface area contributed by atoms with Crippen molar-refractivity contribution in [3.05, 3.63) is 132 Å². The number of benzene rings is 4. The molecule has 0 saturated carbocycles. The molecule has 2 fully saturated rings. The molecule has 452 valence electrons. The molecule has 0 aliphatic carbocycles. The highest BCUT2D eigenvalue weighted by Gasteiger charge is 2.25. The molecule has 2 saturated heterocycles. The van der Waals surface area contributed by atoms with Gasteiger partial charge in [-0.2, -0.15) is 4.99 Å². The van der Waals surface area contributed by atoms with Crippen LogP contribution in [0.4, 0.5) is 49.1 Å². The molecule has 4 atom stereocenters. The number of rotatable bonds is 16. The minimum atomic E-state index is -0.211. The second-order valence-corrected chi connectivity index (χ2v) is 22.2. The van der Waals surface area contributed by atoms with Crippen LogP contribution in [0.15, 0.2) is 114 Å². The smallest absolute Gasteiger partial charge is 0.239 e. The summed E-state index contributed by atoms with van der Waals surface area (Å²) in [5.74, 6) is 6.04. The highest BCUT2D eigenvalue weighted by Crippen LogP contribution is 2.32. The van der Waals surface area contributed by atoms with Gasteiger partial charge in [-0.1, -0.05) is 77.7 Å². The molecule has 0 radical (unpaired) electrons. The number of hydrogen-bond acceptors (Lipinski definition) is 14. The van der Waals surface area contributed by atoms with E-state index in [4.69, 9.17) is 20.2 Å². The highest BCUT2D eigenvalue weighted by atomic mass is 32.1. The van der Waals surface area contributed by atoms with Crippen LogP contribution in [-0.2, 0) is 16.6 Å². The van der Waals surface area contributed by atoms with E-state index in [1.54, 1.807) is 60.9 Å². The number of thiocarbonyl (C=S) groups is 1. The SMILES string of the molecule is C.C.C.CC(C)c1cc(N=C=S)ccc1F.CC1CC(C)CN(CC(=O)Nc2cc(Oc3ccc4c(c3)nc(Nc3ccc(F)c(C(C)C)c3)n4C)ccn2)C1.CNc1ccc(Oc2ccnc(NC(=O)CN3CC(C)CC(C)C3)c2)cc1N. The summed E-state index contributed by atoms with van der Waals surface area (Å²) < 4.78 is 41.2. The van der Waals surface area contributed by atoms with Crippen LogP contribution in [0.5, 0.6) is 23.0 Å². The van der Waals surface area contributed by atoms with Crippen LogP contribution in [0.2, 0.25) is 0 Å². The molecule has 16 nitrogen and oxygen atoms in total. The number of aromatic nitrogens is 4. The van der Waals surface area contributed by atoms with Gasteiger partial charge in [0.05, 0.1) is 46.3 Å². The van der Waals surface area contributed by atoms with Crippen LogP contribution in [0.1, 0.15) is 113 Å². The van der Waals surface area contributed by atoms with E-state index < -0.39 is 0 Å². The summed E-state index contributed by atoms with van der Waals surface area (Å²) in [6.07, 6.45) is 5.65. The van der Waals surface area contributed by atoms with E-state index in [1.165, 1.54) is 25.0 Å². The van der Waals surface area contributed by atoms with E-state index in [9.17, 15) is 18.4 Å². The van der Waals surface area contributed by atoms with E-state index in [1.807, 2.05) is 82.8 Å². The predicted molar refractivity (Wildman–Crippen MR) is 345 cm³/mol. The molecular formula is C65H88F2N12O4S. The van der Waals surface area contributed by atoms with Gasteiger partial charge in [0, 0.05) is 82.6 Å². The van der Waals surface area contributed by atoms with Crippen molar-refractivity contribution in [3.8, 4) is 23.0 Å². The van der Waals surface area contributed by atoms with E-state index in [0.717, 1.165) is 48.6 Å². The summed E-state index contributed by atoms with van der Waals surface area (Å²) >= 11 is 4.47. The molecule has 4 aromatic carbocycles. The first-order chi connectivity index (χ1) is 38.7. The average Bonchev–Trinajstić information content (AvgIpc) is 3.05. The Kier molecular flexibility index (Phi) is 26.4. The molecule has 0 spiro atoms. The summed E-state index contributed by atoms with van der Waals surface area (Å²) in [6.45, 7) is 21.3. The number of fused-ring (bicyclic) bond motifs is 1. The van der Waals surface area contributed by atoms with Crippen molar-refractivity contribution < 1.29 is 27.8 Å². The number of likely N-dealkylation sites (tertiary alicyclic amines) is 2. The average molecular weight is 1170 g/mol. The van der Waals surface area contributed by atoms with Crippen LogP contribution in [0, 0.1) is 35.3 Å². The Balaban J connectivity index is 0.000000299. The maximum atomic E-state index is 14.1. The third-order valence-electron chi connectivity index (χ3n) is 13.9. The van der Waals surface area contributed by atoms with Crippen LogP contribution < -0.4 is 36.5 Å². The molecule has 2 aliphatic rings. The Morgan fingerprint density at radius 3 is 1.64 bits per heavy atom. The number of amides is 2. The lowest BCUT2D eigenvalue weighted by Gasteiger charge is -2.34. The summed E-state index contributed by atoms with van der Waals surface area (Å²) in [7, 11) is 3.74. The lowest BCUT2D eigenvalue weighted by molar-refractivity contribution is -0.118. The first-order valence-corrected chi connectivity index (χ1v) is 27.9. The predicted octanol–water partition coefficient (Wildman–Crippen LogP) is 15.7. The Morgan fingerprint density at radius 2 is 1.15 bits per heavy atom. The summed E-state index contributed by atoms with van der Waals surface area (Å²) in [5, 5.41) is 14.3. The number of carbonyl (C=O) groups is 2. The highest BCUT2D eigenvalue weighted by molar-refractivity contribution is 7.78. The molecule has 0 bridgehead atoms. The number of ether oxygens (including phenoxy) is 2. The quantitative estimate of drug-likeness (QED) is 0.0349. The molecule has 19 heteroatoms. The lowest BCUT2D eigenvalue weighted by Crippen LogP contribution is -2.42. The van der Waals surface area contributed by atoms with Gasteiger partial charge in [0.1, 0.15) is 46.3 Å². The number of aliphatic imine (C=N–C) groups is 1. The zero-order chi connectivity index (χ0) is 58.3. The number of nitrogens with two attached hydrogens (primary N) is 1. The Labute approximate surface area is 502 Å².